The van der Waals surface area contributed by atoms with Crippen LogP contribution in [0.5, 0.6) is 5.75 Å². The Labute approximate surface area is 131 Å². The molecule has 21 heavy (non-hydrogen) atoms. The molecule has 0 aliphatic carbocycles. The van der Waals surface area contributed by atoms with Gasteiger partial charge in [-0.2, -0.15) is 0 Å². The molecule has 3 aromatic carbocycles. The Bertz CT molecular complexity index is 840. The van der Waals surface area contributed by atoms with Gasteiger partial charge in [-0.05, 0) is 47.5 Å². The number of nitrogens with zero attached hydrogens (tertiary/aromatic N) is 1. The summed E-state index contributed by atoms with van der Waals surface area (Å²) >= 11 is 3.44. The van der Waals surface area contributed by atoms with E-state index in [9.17, 15) is 5.11 Å². The molecule has 0 aliphatic heterocycles. The molecule has 0 amide bonds. The molecule has 2 nitrogen and oxygen atoms in total. The van der Waals surface area contributed by atoms with E-state index >= 15 is 0 Å². The van der Waals surface area contributed by atoms with Crippen LogP contribution in [0.25, 0.3) is 10.8 Å². The van der Waals surface area contributed by atoms with Crippen LogP contribution in [0.2, 0.25) is 0 Å². The lowest BCUT2D eigenvalue weighted by Gasteiger charge is -2.05. The number of hydrogen-bond acceptors (Lipinski definition) is 2. The molecular formula is C18H14BrNO. The van der Waals surface area contributed by atoms with E-state index in [1.165, 1.54) is 0 Å². The van der Waals surface area contributed by atoms with Gasteiger partial charge >= 0.3 is 0 Å². The zero-order chi connectivity index (χ0) is 14.8. The van der Waals surface area contributed by atoms with E-state index in [0.29, 0.717) is 0 Å². The predicted octanol–water partition coefficient (Wildman–Crippen LogP) is 5.37. The van der Waals surface area contributed by atoms with Gasteiger partial charge in [0, 0.05) is 16.3 Å². The van der Waals surface area contributed by atoms with Crippen LogP contribution in [-0.2, 0) is 0 Å². The molecular weight excluding hydrogens is 326 g/mol. The molecule has 0 spiro atoms. The minimum atomic E-state index is 0.243. The first-order chi connectivity index (χ1) is 10.1. The fourth-order valence-corrected chi connectivity index (χ4v) is 2.79. The van der Waals surface area contributed by atoms with Crippen LogP contribution in [0.1, 0.15) is 11.1 Å². The van der Waals surface area contributed by atoms with Gasteiger partial charge in [-0.1, -0.05) is 46.3 Å². The number of phenolic OH excluding ortho intramolecular Hbond substituents is 1. The quantitative estimate of drug-likeness (QED) is 0.625. The van der Waals surface area contributed by atoms with E-state index in [0.717, 1.165) is 32.1 Å². The fraction of sp³-hybridized carbons (Fsp3) is 0.0556. The van der Waals surface area contributed by atoms with Crippen molar-refractivity contribution < 1.29 is 5.11 Å². The molecule has 0 heterocycles. The van der Waals surface area contributed by atoms with Gasteiger partial charge in [-0.3, -0.25) is 4.99 Å². The third kappa shape index (κ3) is 2.83. The first-order valence-electron chi connectivity index (χ1n) is 6.66. The Morgan fingerprint density at radius 2 is 1.86 bits per heavy atom. The molecule has 0 bridgehead atoms. The second-order valence-corrected chi connectivity index (χ2v) is 5.82. The van der Waals surface area contributed by atoms with E-state index in [1.807, 2.05) is 55.5 Å². The molecule has 1 N–H and O–H groups in total. The summed E-state index contributed by atoms with van der Waals surface area (Å²) in [6, 6.07) is 17.5. The minimum Gasteiger partial charge on any atom is -0.507 e. The van der Waals surface area contributed by atoms with E-state index in [1.54, 1.807) is 12.3 Å². The predicted molar refractivity (Wildman–Crippen MR) is 91.7 cm³/mol. The maximum Gasteiger partial charge on any atom is 0.124 e. The highest BCUT2D eigenvalue weighted by atomic mass is 79.9. The summed E-state index contributed by atoms with van der Waals surface area (Å²) in [4.78, 5) is 4.52. The number of aryl methyl sites for hydroxylation is 1. The van der Waals surface area contributed by atoms with Crippen molar-refractivity contribution >= 4 is 38.6 Å². The van der Waals surface area contributed by atoms with Crippen LogP contribution in [0, 0.1) is 6.92 Å². The van der Waals surface area contributed by atoms with E-state index in [-0.39, 0.29) is 5.75 Å². The van der Waals surface area contributed by atoms with Gasteiger partial charge in [0.15, 0.2) is 0 Å². The molecule has 0 atom stereocenters. The summed E-state index contributed by atoms with van der Waals surface area (Å²) in [6.45, 7) is 2.01. The van der Waals surface area contributed by atoms with Crippen molar-refractivity contribution in [3.05, 3.63) is 70.2 Å². The third-order valence-electron chi connectivity index (χ3n) is 3.44. The second kappa shape index (κ2) is 5.70. The summed E-state index contributed by atoms with van der Waals surface area (Å²) in [5.74, 6) is 0.243. The number of aliphatic imine (C=N–C) groups is 1. The van der Waals surface area contributed by atoms with Crippen molar-refractivity contribution in [1.82, 2.24) is 0 Å². The zero-order valence-corrected chi connectivity index (χ0v) is 13.1. The Kier molecular flexibility index (Phi) is 3.76. The smallest absolute Gasteiger partial charge is 0.124 e. The SMILES string of the molecule is Cc1cc(Br)ccc1N=Cc1c(O)ccc2ccccc12. The molecule has 3 aromatic rings. The van der Waals surface area contributed by atoms with Gasteiger partial charge in [-0.15, -0.1) is 0 Å². The highest BCUT2D eigenvalue weighted by Crippen LogP contribution is 2.27. The van der Waals surface area contributed by atoms with Crippen molar-refractivity contribution in [3.8, 4) is 5.75 Å². The van der Waals surface area contributed by atoms with Crippen molar-refractivity contribution in [2.75, 3.05) is 0 Å². The van der Waals surface area contributed by atoms with Gasteiger partial charge in [0.25, 0.3) is 0 Å². The van der Waals surface area contributed by atoms with Crippen LogP contribution < -0.4 is 0 Å². The number of aromatic hydroxyl groups is 1. The minimum absolute atomic E-state index is 0.243. The van der Waals surface area contributed by atoms with Crippen LogP contribution in [0.15, 0.2) is 64.1 Å². The van der Waals surface area contributed by atoms with Crippen molar-refractivity contribution in [3.63, 3.8) is 0 Å². The Morgan fingerprint density at radius 1 is 1.05 bits per heavy atom. The van der Waals surface area contributed by atoms with E-state index in [2.05, 4.69) is 20.9 Å². The van der Waals surface area contributed by atoms with Gasteiger partial charge < -0.3 is 5.11 Å². The lowest BCUT2D eigenvalue weighted by Crippen LogP contribution is -1.86. The zero-order valence-electron chi connectivity index (χ0n) is 11.5. The average Bonchev–Trinajstić information content (AvgIpc) is 2.48. The Balaban J connectivity index is 2.09. The normalized spacial score (nSPS) is 11.3. The average molecular weight is 340 g/mol. The number of hydrogen-bond donors (Lipinski definition) is 1. The summed E-state index contributed by atoms with van der Waals surface area (Å²) in [5, 5.41) is 12.2. The third-order valence-corrected chi connectivity index (χ3v) is 3.93. The molecule has 0 unspecified atom stereocenters. The molecule has 104 valence electrons. The van der Waals surface area contributed by atoms with Crippen LogP contribution >= 0.6 is 15.9 Å². The van der Waals surface area contributed by atoms with E-state index < -0.39 is 0 Å². The monoisotopic (exact) mass is 339 g/mol. The van der Waals surface area contributed by atoms with Crippen LogP contribution in [-0.4, -0.2) is 11.3 Å². The second-order valence-electron chi connectivity index (χ2n) is 4.91. The summed E-state index contributed by atoms with van der Waals surface area (Å²) < 4.78 is 1.03. The summed E-state index contributed by atoms with van der Waals surface area (Å²) in [6.07, 6.45) is 1.73. The number of fused-ring (bicyclic) bond motifs is 1. The van der Waals surface area contributed by atoms with Gasteiger partial charge in [-0.25, -0.2) is 0 Å². The first kappa shape index (κ1) is 13.8. The fourth-order valence-electron chi connectivity index (χ4n) is 2.32. The molecule has 0 saturated carbocycles. The molecule has 0 saturated heterocycles. The van der Waals surface area contributed by atoms with Crippen molar-refractivity contribution in [2.24, 2.45) is 4.99 Å². The number of rotatable bonds is 2. The van der Waals surface area contributed by atoms with Crippen molar-refractivity contribution in [2.45, 2.75) is 6.92 Å². The highest BCUT2D eigenvalue weighted by Gasteiger charge is 2.04. The van der Waals surface area contributed by atoms with Crippen LogP contribution in [0.4, 0.5) is 5.69 Å². The van der Waals surface area contributed by atoms with E-state index in [4.69, 9.17) is 0 Å². The standard InChI is InChI=1S/C18H14BrNO/c1-12-10-14(19)7-8-17(12)20-11-16-15-5-3-2-4-13(15)6-9-18(16)21/h2-11,21H,1H3. The topological polar surface area (TPSA) is 32.6 Å². The van der Waals surface area contributed by atoms with Gasteiger partial charge in [0.05, 0.1) is 5.69 Å². The summed E-state index contributed by atoms with van der Waals surface area (Å²) in [7, 11) is 0. The molecule has 3 heteroatoms. The number of phenols is 1. The van der Waals surface area contributed by atoms with Gasteiger partial charge in [0.2, 0.25) is 0 Å². The molecule has 0 aromatic heterocycles. The molecule has 0 fully saturated rings. The molecule has 0 aliphatic rings. The Hall–Kier alpha value is -2.13. The maximum atomic E-state index is 10.1. The lowest BCUT2D eigenvalue weighted by atomic mass is 10.0. The van der Waals surface area contributed by atoms with Crippen LogP contribution in [0.3, 0.4) is 0 Å². The van der Waals surface area contributed by atoms with Crippen molar-refractivity contribution in [1.29, 1.82) is 0 Å². The lowest BCUT2D eigenvalue weighted by molar-refractivity contribution is 0.475. The highest BCUT2D eigenvalue weighted by molar-refractivity contribution is 9.10. The van der Waals surface area contributed by atoms with Gasteiger partial charge in [0.1, 0.15) is 5.75 Å². The Morgan fingerprint density at radius 3 is 2.67 bits per heavy atom. The maximum absolute atomic E-state index is 10.1. The first-order valence-corrected chi connectivity index (χ1v) is 7.45. The number of halogens is 1. The largest absolute Gasteiger partial charge is 0.507 e. The summed E-state index contributed by atoms with van der Waals surface area (Å²) in [5.41, 5.74) is 2.72. The number of benzene rings is 3. The molecule has 3 rings (SSSR count). The molecule has 0 radical (unpaired) electrons.